The van der Waals surface area contributed by atoms with Gasteiger partial charge in [-0.25, -0.2) is 5.01 Å². The topological polar surface area (TPSA) is 69.8 Å². The number of nitrogens with zero attached hydrogens (tertiary/aromatic N) is 2. The lowest BCUT2D eigenvalue weighted by Crippen LogP contribution is -2.53. The normalized spacial score (nSPS) is 14.9. The number of carbonyl (C=O) groups excluding carboxylic acids is 1. The van der Waals surface area contributed by atoms with Gasteiger partial charge in [0, 0.05) is 61.0 Å². The van der Waals surface area contributed by atoms with Gasteiger partial charge in [-0.1, -0.05) is 0 Å². The Labute approximate surface area is 213 Å². The largest absolute Gasteiger partial charge is 0.493 e. The fraction of sp³-hybridized carbons (Fsp3) is 0.400. The van der Waals surface area contributed by atoms with Crippen LogP contribution in [0, 0.1) is 6.92 Å². The fourth-order valence-corrected chi connectivity index (χ4v) is 4.41. The molecule has 1 aliphatic heterocycles. The lowest BCUT2D eigenvalue weighted by atomic mass is 10.1. The highest BCUT2D eigenvalue weighted by molar-refractivity contribution is 5.93. The van der Waals surface area contributed by atoms with Crippen LogP contribution in [-0.2, 0) is 12.6 Å². The van der Waals surface area contributed by atoms with Gasteiger partial charge in [0.15, 0.2) is 11.5 Å². The Hall–Kier alpha value is -2.95. The summed E-state index contributed by atoms with van der Waals surface area (Å²) in [5, 5.41) is 2.92. The van der Waals surface area contributed by atoms with Crippen LogP contribution in [-0.4, -0.2) is 67.7 Å². The number of methoxy groups -OCH3 is 2. The number of H-pyrrole nitrogens is 1. The molecule has 11 heteroatoms. The average Bonchev–Trinajstić information content (AvgIpc) is 3.15. The number of halogens is 4. The van der Waals surface area contributed by atoms with Gasteiger partial charge in [0.05, 0.1) is 19.8 Å². The van der Waals surface area contributed by atoms with Crippen LogP contribution < -0.4 is 14.9 Å². The molecule has 0 aliphatic carbocycles. The third-order valence-electron chi connectivity index (χ3n) is 6.41. The molecule has 0 bridgehead atoms. The number of piperazine rings is 1. The summed E-state index contributed by atoms with van der Waals surface area (Å²) in [5.41, 5.74) is 5.57. The first-order valence-corrected chi connectivity index (χ1v) is 11.4. The molecule has 196 valence electrons. The summed E-state index contributed by atoms with van der Waals surface area (Å²) in [4.78, 5) is 18.2. The molecule has 7 nitrogen and oxygen atoms in total. The number of benzene rings is 2. The number of fused-ring (bicyclic) bond motifs is 1. The number of carbonyl (C=O) groups is 1. The van der Waals surface area contributed by atoms with Crippen LogP contribution in [0.25, 0.3) is 10.9 Å². The zero-order chi connectivity index (χ0) is 25.2. The quantitative estimate of drug-likeness (QED) is 0.476. The molecule has 0 radical (unpaired) electrons. The lowest BCUT2D eigenvalue weighted by Gasteiger charge is -2.34. The van der Waals surface area contributed by atoms with Gasteiger partial charge in [-0.2, -0.15) is 13.2 Å². The molecule has 3 aromatic rings. The number of hydrogen-bond donors (Lipinski definition) is 2. The average molecular weight is 527 g/mol. The van der Waals surface area contributed by atoms with Crippen molar-refractivity contribution in [2.45, 2.75) is 19.5 Å². The molecular weight excluding hydrogens is 497 g/mol. The second-order valence-electron chi connectivity index (χ2n) is 8.58. The highest BCUT2D eigenvalue weighted by Gasteiger charge is 2.30. The number of aryl methyl sites for hydroxylation is 1. The SMILES string of the molecule is COc1cc2[nH]c(C)c(CCN3CCN(NC(=O)c4ccc(C(F)(F)F)cc4)CC3)c2cc1OC.Cl. The summed E-state index contributed by atoms with van der Waals surface area (Å²) in [5.74, 6) is 0.964. The summed E-state index contributed by atoms with van der Waals surface area (Å²) in [6, 6.07) is 8.19. The van der Waals surface area contributed by atoms with Gasteiger partial charge in [-0.3, -0.25) is 10.2 Å². The Bertz CT molecular complexity index is 1190. The molecule has 1 amide bonds. The van der Waals surface area contributed by atoms with E-state index in [0.29, 0.717) is 24.6 Å². The van der Waals surface area contributed by atoms with Gasteiger partial charge in [-0.15, -0.1) is 12.4 Å². The molecule has 2 heterocycles. The van der Waals surface area contributed by atoms with Gasteiger partial charge >= 0.3 is 6.18 Å². The van der Waals surface area contributed by atoms with E-state index < -0.39 is 17.6 Å². The summed E-state index contributed by atoms with van der Waals surface area (Å²) in [7, 11) is 3.24. The van der Waals surface area contributed by atoms with Gasteiger partial charge < -0.3 is 19.4 Å². The Morgan fingerprint density at radius 3 is 2.22 bits per heavy atom. The number of aromatic amines is 1. The van der Waals surface area contributed by atoms with E-state index in [9.17, 15) is 18.0 Å². The maximum absolute atomic E-state index is 12.7. The fourth-order valence-electron chi connectivity index (χ4n) is 4.41. The molecule has 0 unspecified atom stereocenters. The van der Waals surface area contributed by atoms with Gasteiger partial charge in [-0.05, 0) is 49.2 Å². The molecule has 1 aliphatic rings. The highest BCUT2D eigenvalue weighted by Crippen LogP contribution is 2.35. The van der Waals surface area contributed by atoms with Crippen LogP contribution in [0.2, 0.25) is 0 Å². The minimum absolute atomic E-state index is 0. The van der Waals surface area contributed by atoms with Crippen LogP contribution >= 0.6 is 12.4 Å². The second-order valence-corrected chi connectivity index (χ2v) is 8.58. The highest BCUT2D eigenvalue weighted by atomic mass is 35.5. The van der Waals surface area contributed by atoms with Gasteiger partial charge in [0.25, 0.3) is 5.91 Å². The maximum Gasteiger partial charge on any atom is 0.416 e. The van der Waals surface area contributed by atoms with E-state index in [2.05, 4.69) is 22.2 Å². The number of aromatic nitrogens is 1. The zero-order valence-corrected chi connectivity index (χ0v) is 21.2. The van der Waals surface area contributed by atoms with Crippen molar-refractivity contribution < 1.29 is 27.4 Å². The maximum atomic E-state index is 12.7. The Morgan fingerprint density at radius 2 is 1.64 bits per heavy atom. The van der Waals surface area contributed by atoms with Gasteiger partial charge in [0.2, 0.25) is 0 Å². The molecule has 36 heavy (non-hydrogen) atoms. The summed E-state index contributed by atoms with van der Waals surface area (Å²) in [6.07, 6.45) is -3.56. The van der Waals surface area contributed by atoms with Crippen LogP contribution in [0.4, 0.5) is 13.2 Å². The third-order valence-corrected chi connectivity index (χ3v) is 6.41. The number of amides is 1. The molecule has 0 saturated carbocycles. The molecule has 2 N–H and O–H groups in total. The predicted octanol–water partition coefficient (Wildman–Crippen LogP) is 4.44. The lowest BCUT2D eigenvalue weighted by molar-refractivity contribution is -0.137. The van der Waals surface area contributed by atoms with Crippen molar-refractivity contribution >= 4 is 29.2 Å². The Morgan fingerprint density at radius 1 is 1.03 bits per heavy atom. The predicted molar refractivity (Wildman–Crippen MR) is 134 cm³/mol. The van der Waals surface area contributed by atoms with E-state index in [0.717, 1.165) is 54.8 Å². The first-order chi connectivity index (χ1) is 16.7. The Balaban J connectivity index is 0.00000361. The zero-order valence-electron chi connectivity index (χ0n) is 20.4. The van der Waals surface area contributed by atoms with Crippen LogP contribution in [0.3, 0.4) is 0 Å². The third kappa shape index (κ3) is 6.05. The van der Waals surface area contributed by atoms with Crippen LogP contribution in [0.5, 0.6) is 11.5 Å². The minimum Gasteiger partial charge on any atom is -0.493 e. The Kier molecular flexibility index (Phi) is 8.76. The van der Waals surface area contributed by atoms with E-state index in [1.165, 1.54) is 17.7 Å². The van der Waals surface area contributed by atoms with Crippen molar-refractivity contribution in [3.8, 4) is 11.5 Å². The summed E-state index contributed by atoms with van der Waals surface area (Å²) >= 11 is 0. The van der Waals surface area contributed by atoms with Crippen molar-refractivity contribution in [1.29, 1.82) is 0 Å². The number of hydrogen-bond acceptors (Lipinski definition) is 5. The van der Waals surface area contributed by atoms with Crippen LogP contribution in [0.15, 0.2) is 36.4 Å². The molecule has 0 spiro atoms. The molecule has 1 aromatic heterocycles. The molecule has 0 atom stereocenters. The van der Waals surface area contributed by atoms with Crippen molar-refractivity contribution in [1.82, 2.24) is 20.3 Å². The summed E-state index contributed by atoms with van der Waals surface area (Å²) < 4.78 is 49.0. The van der Waals surface area contributed by atoms with E-state index >= 15 is 0 Å². The van der Waals surface area contributed by atoms with E-state index in [1.54, 1.807) is 14.2 Å². The molecule has 1 saturated heterocycles. The van der Waals surface area contributed by atoms with Crippen molar-refractivity contribution in [3.63, 3.8) is 0 Å². The summed E-state index contributed by atoms with van der Waals surface area (Å²) in [6.45, 7) is 5.72. The monoisotopic (exact) mass is 526 g/mol. The number of alkyl halides is 3. The molecule has 1 fully saturated rings. The van der Waals surface area contributed by atoms with Crippen molar-refractivity contribution in [2.75, 3.05) is 46.9 Å². The smallest absolute Gasteiger partial charge is 0.416 e. The molecule has 4 rings (SSSR count). The first kappa shape index (κ1) is 27.6. The van der Waals surface area contributed by atoms with Gasteiger partial charge in [0.1, 0.15) is 0 Å². The van der Waals surface area contributed by atoms with E-state index in [4.69, 9.17) is 9.47 Å². The van der Waals surface area contributed by atoms with E-state index in [1.807, 2.05) is 17.1 Å². The minimum atomic E-state index is -4.42. The van der Waals surface area contributed by atoms with Crippen molar-refractivity contribution in [3.05, 3.63) is 58.8 Å². The molecule has 2 aromatic carbocycles. The van der Waals surface area contributed by atoms with Crippen LogP contribution in [0.1, 0.15) is 27.2 Å². The first-order valence-electron chi connectivity index (χ1n) is 11.4. The standard InChI is InChI=1S/C25H29F3N4O3.ClH/c1-16-19(20-14-22(34-2)23(35-3)15-21(20)29-16)8-9-31-10-12-32(13-11-31)30-24(33)17-4-6-18(7-5-17)25(26,27)28;/h4-7,14-15,29H,8-13H2,1-3H3,(H,30,33);1H. The molecular formula is C25H30ClF3N4O3. The van der Waals surface area contributed by atoms with Crippen molar-refractivity contribution in [2.24, 2.45) is 0 Å². The number of hydrazine groups is 1. The van der Waals surface area contributed by atoms with E-state index in [-0.39, 0.29) is 18.0 Å². The second kappa shape index (κ2) is 11.4. The number of rotatable bonds is 7. The number of ether oxygens (including phenoxy) is 2. The number of nitrogens with one attached hydrogen (secondary N) is 2.